The van der Waals surface area contributed by atoms with Crippen molar-refractivity contribution in [3.8, 4) is 5.69 Å². The molecule has 1 aromatic carbocycles. The minimum Gasteiger partial charge on any atom is -0.309 e. The third-order valence-corrected chi connectivity index (χ3v) is 3.75. The molecule has 0 aliphatic carbocycles. The highest BCUT2D eigenvalue weighted by Crippen LogP contribution is 2.10. The van der Waals surface area contributed by atoms with Crippen molar-refractivity contribution in [3.05, 3.63) is 48.3 Å². The number of para-hydroxylation sites is 1. The molecule has 0 aliphatic rings. The smallest absolute Gasteiger partial charge is 0.0766 e. The third kappa shape index (κ3) is 4.20. The molecule has 3 heteroatoms. The second-order valence-corrected chi connectivity index (χ2v) is 5.62. The van der Waals surface area contributed by atoms with E-state index in [-0.39, 0.29) is 0 Å². The number of nitrogens with zero attached hydrogens (tertiary/aromatic N) is 2. The molecule has 1 aromatic heterocycles. The molecule has 20 heavy (non-hydrogen) atoms. The number of hydrogen-bond acceptors (Lipinski definition) is 2. The van der Waals surface area contributed by atoms with Gasteiger partial charge in [-0.25, -0.2) is 4.68 Å². The zero-order valence-electron chi connectivity index (χ0n) is 12.7. The molecule has 0 fully saturated rings. The Labute approximate surface area is 122 Å². The van der Waals surface area contributed by atoms with Crippen molar-refractivity contribution >= 4 is 0 Å². The highest BCUT2D eigenvalue weighted by molar-refractivity contribution is 5.30. The number of hydrogen-bond donors (Lipinski definition) is 1. The van der Waals surface area contributed by atoms with Crippen LogP contribution in [0.2, 0.25) is 0 Å². The molecule has 3 nitrogen and oxygen atoms in total. The summed E-state index contributed by atoms with van der Waals surface area (Å²) in [5, 5.41) is 8.16. The first-order chi connectivity index (χ1) is 9.69. The Kier molecular flexibility index (Phi) is 5.36. The van der Waals surface area contributed by atoms with Crippen molar-refractivity contribution < 1.29 is 0 Å². The van der Waals surface area contributed by atoms with Crippen molar-refractivity contribution in [2.75, 3.05) is 0 Å². The zero-order valence-corrected chi connectivity index (χ0v) is 12.7. The van der Waals surface area contributed by atoms with Gasteiger partial charge in [-0.1, -0.05) is 38.5 Å². The van der Waals surface area contributed by atoms with Gasteiger partial charge >= 0.3 is 0 Å². The standard InChI is InChI=1S/C17H25N3/c1-4-14(2)12-15(3)18-13-16-10-11-20(19-16)17-8-6-5-7-9-17/h5-11,14-15,18H,4,12-13H2,1-3H3. The van der Waals surface area contributed by atoms with Crippen LogP contribution in [0.5, 0.6) is 0 Å². The average molecular weight is 271 g/mol. The highest BCUT2D eigenvalue weighted by atomic mass is 15.3. The van der Waals surface area contributed by atoms with Crippen molar-refractivity contribution in [1.29, 1.82) is 0 Å². The van der Waals surface area contributed by atoms with Crippen LogP contribution < -0.4 is 5.32 Å². The fourth-order valence-corrected chi connectivity index (χ4v) is 2.31. The largest absolute Gasteiger partial charge is 0.309 e. The molecule has 1 N–H and O–H groups in total. The van der Waals surface area contributed by atoms with E-state index in [2.05, 4.69) is 49.4 Å². The summed E-state index contributed by atoms with van der Waals surface area (Å²) >= 11 is 0. The molecule has 0 aliphatic heterocycles. The molecule has 2 aromatic rings. The second-order valence-electron chi connectivity index (χ2n) is 5.62. The summed E-state index contributed by atoms with van der Waals surface area (Å²) in [6.07, 6.45) is 4.48. The van der Waals surface area contributed by atoms with Crippen molar-refractivity contribution in [3.63, 3.8) is 0 Å². The Hall–Kier alpha value is -1.61. The van der Waals surface area contributed by atoms with Gasteiger partial charge in [0.15, 0.2) is 0 Å². The van der Waals surface area contributed by atoms with E-state index in [1.54, 1.807) is 0 Å². The highest BCUT2D eigenvalue weighted by Gasteiger charge is 2.07. The Morgan fingerprint density at radius 3 is 2.60 bits per heavy atom. The minimum atomic E-state index is 0.534. The van der Waals surface area contributed by atoms with Gasteiger partial charge in [-0.05, 0) is 37.5 Å². The fourth-order valence-electron chi connectivity index (χ4n) is 2.31. The molecule has 0 bridgehead atoms. The van der Waals surface area contributed by atoms with Crippen LogP contribution in [0, 0.1) is 5.92 Å². The van der Waals surface area contributed by atoms with Crippen LogP contribution >= 0.6 is 0 Å². The van der Waals surface area contributed by atoms with Gasteiger partial charge in [-0.3, -0.25) is 0 Å². The molecule has 2 atom stereocenters. The number of benzene rings is 1. The van der Waals surface area contributed by atoms with Crippen LogP contribution in [0.15, 0.2) is 42.6 Å². The lowest BCUT2D eigenvalue weighted by molar-refractivity contribution is 0.410. The van der Waals surface area contributed by atoms with Crippen molar-refractivity contribution in [2.24, 2.45) is 5.92 Å². The van der Waals surface area contributed by atoms with Gasteiger partial charge in [0.25, 0.3) is 0 Å². The first-order valence-electron chi connectivity index (χ1n) is 7.52. The van der Waals surface area contributed by atoms with E-state index in [4.69, 9.17) is 0 Å². The van der Waals surface area contributed by atoms with Crippen LogP contribution in [-0.4, -0.2) is 15.8 Å². The first kappa shape index (κ1) is 14.8. The number of rotatable bonds is 7. The maximum Gasteiger partial charge on any atom is 0.0766 e. The summed E-state index contributed by atoms with van der Waals surface area (Å²) in [7, 11) is 0. The van der Waals surface area contributed by atoms with E-state index in [0.29, 0.717) is 6.04 Å². The molecule has 0 amide bonds. The van der Waals surface area contributed by atoms with E-state index >= 15 is 0 Å². The third-order valence-electron chi connectivity index (χ3n) is 3.75. The molecule has 2 rings (SSSR count). The van der Waals surface area contributed by atoms with Crippen molar-refractivity contribution in [2.45, 2.75) is 46.2 Å². The predicted molar refractivity (Wildman–Crippen MR) is 83.9 cm³/mol. The van der Waals surface area contributed by atoms with Crippen molar-refractivity contribution in [1.82, 2.24) is 15.1 Å². The van der Waals surface area contributed by atoms with E-state index in [0.717, 1.165) is 23.8 Å². The lowest BCUT2D eigenvalue weighted by Crippen LogP contribution is -2.27. The lowest BCUT2D eigenvalue weighted by atomic mass is 10.0. The molecule has 0 saturated heterocycles. The molecule has 0 radical (unpaired) electrons. The summed E-state index contributed by atoms with van der Waals surface area (Å²) in [6, 6.07) is 12.8. The predicted octanol–water partition coefficient (Wildman–Crippen LogP) is 3.79. The molecular weight excluding hydrogens is 246 g/mol. The van der Waals surface area contributed by atoms with Gasteiger partial charge in [0.2, 0.25) is 0 Å². The Morgan fingerprint density at radius 1 is 1.15 bits per heavy atom. The monoisotopic (exact) mass is 271 g/mol. The summed E-state index contributed by atoms with van der Waals surface area (Å²) in [4.78, 5) is 0. The second kappa shape index (κ2) is 7.25. The lowest BCUT2D eigenvalue weighted by Gasteiger charge is -2.16. The first-order valence-corrected chi connectivity index (χ1v) is 7.52. The van der Waals surface area contributed by atoms with Crippen LogP contribution in [0.4, 0.5) is 0 Å². The topological polar surface area (TPSA) is 29.9 Å². The van der Waals surface area contributed by atoms with Gasteiger partial charge in [0, 0.05) is 18.8 Å². The molecule has 1 heterocycles. The average Bonchev–Trinajstić information content (AvgIpc) is 2.95. The summed E-state index contributed by atoms with van der Waals surface area (Å²) < 4.78 is 1.93. The van der Waals surface area contributed by atoms with Crippen LogP contribution in [0.25, 0.3) is 5.69 Å². The fraction of sp³-hybridized carbons (Fsp3) is 0.471. The maximum absolute atomic E-state index is 4.61. The van der Waals surface area contributed by atoms with Gasteiger partial charge < -0.3 is 5.32 Å². The molecule has 0 spiro atoms. The Bertz CT molecular complexity index is 504. The number of nitrogens with one attached hydrogen (secondary N) is 1. The summed E-state index contributed by atoms with van der Waals surface area (Å²) in [5.74, 6) is 0.777. The SMILES string of the molecule is CCC(C)CC(C)NCc1ccn(-c2ccccc2)n1. The molecule has 2 unspecified atom stereocenters. The van der Waals surface area contributed by atoms with Crippen LogP contribution in [0.1, 0.15) is 39.3 Å². The Morgan fingerprint density at radius 2 is 1.90 bits per heavy atom. The molecule has 108 valence electrons. The summed E-state index contributed by atoms with van der Waals surface area (Å²) in [6.45, 7) is 7.64. The van der Waals surface area contributed by atoms with E-state index in [1.807, 2.05) is 29.1 Å². The van der Waals surface area contributed by atoms with E-state index in [9.17, 15) is 0 Å². The van der Waals surface area contributed by atoms with Gasteiger partial charge in [-0.2, -0.15) is 5.10 Å². The van der Waals surface area contributed by atoms with Crippen LogP contribution in [-0.2, 0) is 6.54 Å². The normalized spacial score (nSPS) is 14.2. The zero-order chi connectivity index (χ0) is 14.4. The molecule has 0 saturated carbocycles. The van der Waals surface area contributed by atoms with Gasteiger partial charge in [-0.15, -0.1) is 0 Å². The Balaban J connectivity index is 1.87. The van der Waals surface area contributed by atoms with Gasteiger partial charge in [0.05, 0.1) is 11.4 Å². The van der Waals surface area contributed by atoms with E-state index in [1.165, 1.54) is 12.8 Å². The van der Waals surface area contributed by atoms with E-state index < -0.39 is 0 Å². The van der Waals surface area contributed by atoms with Gasteiger partial charge in [0.1, 0.15) is 0 Å². The minimum absolute atomic E-state index is 0.534. The van der Waals surface area contributed by atoms with Crippen LogP contribution in [0.3, 0.4) is 0 Å². The summed E-state index contributed by atoms with van der Waals surface area (Å²) in [5.41, 5.74) is 2.19. The quantitative estimate of drug-likeness (QED) is 0.830. The maximum atomic E-state index is 4.61. The number of aromatic nitrogens is 2. The molecular formula is C17H25N3.